The summed E-state index contributed by atoms with van der Waals surface area (Å²) in [6.45, 7) is 5.13. The third-order valence-corrected chi connectivity index (χ3v) is 4.56. The lowest BCUT2D eigenvalue weighted by atomic mass is 10.3. The number of carbonyl (C=O) groups excluding carboxylic acids is 1. The second-order valence-electron chi connectivity index (χ2n) is 6.37. The molecule has 144 valence electrons. The Kier molecular flexibility index (Phi) is 6.87. The molecule has 0 aliphatic carbocycles. The van der Waals surface area contributed by atoms with Gasteiger partial charge in [-0.05, 0) is 35.9 Å². The first kappa shape index (κ1) is 19.0. The van der Waals surface area contributed by atoms with Crippen LogP contribution in [0.1, 0.15) is 5.56 Å². The van der Waals surface area contributed by atoms with Gasteiger partial charge in [-0.3, -0.25) is 9.88 Å². The van der Waals surface area contributed by atoms with Crippen LogP contribution in [0.15, 0.2) is 48.8 Å². The van der Waals surface area contributed by atoms with Crippen molar-refractivity contribution in [2.45, 2.75) is 6.54 Å². The average Bonchev–Trinajstić information content (AvgIpc) is 2.74. The van der Waals surface area contributed by atoms with Crippen molar-refractivity contribution in [3.63, 3.8) is 0 Å². The highest BCUT2D eigenvalue weighted by atomic mass is 16.5. The van der Waals surface area contributed by atoms with Crippen molar-refractivity contribution in [3.8, 4) is 11.5 Å². The smallest absolute Gasteiger partial charge is 0.317 e. The lowest BCUT2D eigenvalue weighted by Crippen LogP contribution is -2.52. The van der Waals surface area contributed by atoms with Crippen LogP contribution in [0, 0.1) is 0 Å². The lowest BCUT2D eigenvalue weighted by molar-refractivity contribution is 0.126. The Labute approximate surface area is 159 Å². The Bertz CT molecular complexity index is 701. The normalized spacial score (nSPS) is 14.6. The fraction of sp³-hybridized carbons (Fsp3) is 0.400. The molecule has 7 heteroatoms. The number of piperazine rings is 1. The number of amides is 2. The predicted molar refractivity (Wildman–Crippen MR) is 103 cm³/mol. The van der Waals surface area contributed by atoms with Gasteiger partial charge in [0.2, 0.25) is 0 Å². The number of benzene rings is 1. The molecule has 0 saturated carbocycles. The van der Waals surface area contributed by atoms with Gasteiger partial charge in [-0.2, -0.15) is 0 Å². The second kappa shape index (κ2) is 9.78. The number of urea groups is 1. The van der Waals surface area contributed by atoms with E-state index in [0.717, 1.165) is 49.8 Å². The van der Waals surface area contributed by atoms with E-state index in [1.165, 1.54) is 0 Å². The molecule has 1 aliphatic rings. The van der Waals surface area contributed by atoms with Crippen LogP contribution >= 0.6 is 0 Å². The van der Waals surface area contributed by atoms with Crippen LogP contribution in [-0.2, 0) is 6.54 Å². The minimum atomic E-state index is -0.0204. The molecular formula is C20H26N4O3. The maximum absolute atomic E-state index is 12.3. The van der Waals surface area contributed by atoms with Gasteiger partial charge < -0.3 is 19.7 Å². The standard InChI is InChI=1S/C20H26N4O3/c1-26-18-4-6-19(7-5-18)27-14-13-23-9-11-24(12-10-23)20(25)22-16-17-3-2-8-21-15-17/h2-8,15H,9-14,16H2,1H3,(H,22,25). The van der Waals surface area contributed by atoms with Crippen LogP contribution < -0.4 is 14.8 Å². The number of methoxy groups -OCH3 is 1. The molecule has 1 aromatic heterocycles. The zero-order valence-corrected chi connectivity index (χ0v) is 15.6. The second-order valence-corrected chi connectivity index (χ2v) is 6.37. The van der Waals surface area contributed by atoms with E-state index in [4.69, 9.17) is 9.47 Å². The molecule has 2 amide bonds. The number of aromatic nitrogens is 1. The predicted octanol–water partition coefficient (Wildman–Crippen LogP) is 2.00. The number of rotatable bonds is 7. The molecule has 27 heavy (non-hydrogen) atoms. The number of hydrogen-bond acceptors (Lipinski definition) is 5. The highest BCUT2D eigenvalue weighted by molar-refractivity contribution is 5.74. The molecule has 0 spiro atoms. The summed E-state index contributed by atoms with van der Waals surface area (Å²) in [6.07, 6.45) is 3.49. The van der Waals surface area contributed by atoms with Crippen LogP contribution in [0.5, 0.6) is 11.5 Å². The molecule has 7 nitrogen and oxygen atoms in total. The summed E-state index contributed by atoms with van der Waals surface area (Å²) in [6, 6.07) is 11.4. The van der Waals surface area contributed by atoms with Gasteiger partial charge >= 0.3 is 6.03 Å². The zero-order valence-electron chi connectivity index (χ0n) is 15.6. The third-order valence-electron chi connectivity index (χ3n) is 4.56. The van der Waals surface area contributed by atoms with E-state index >= 15 is 0 Å². The topological polar surface area (TPSA) is 66.9 Å². The zero-order chi connectivity index (χ0) is 18.9. The van der Waals surface area contributed by atoms with Gasteiger partial charge in [-0.15, -0.1) is 0 Å². The highest BCUT2D eigenvalue weighted by Gasteiger charge is 2.20. The Balaban J connectivity index is 1.32. The summed E-state index contributed by atoms with van der Waals surface area (Å²) < 4.78 is 10.9. The molecule has 1 saturated heterocycles. The first-order chi connectivity index (χ1) is 13.2. The Morgan fingerprint density at radius 3 is 2.52 bits per heavy atom. The van der Waals surface area contributed by atoms with Crippen molar-refractivity contribution >= 4 is 6.03 Å². The third kappa shape index (κ3) is 5.86. The van der Waals surface area contributed by atoms with Gasteiger partial charge in [0.05, 0.1) is 7.11 Å². The Morgan fingerprint density at radius 2 is 1.85 bits per heavy atom. The van der Waals surface area contributed by atoms with Crippen molar-refractivity contribution in [3.05, 3.63) is 54.4 Å². The highest BCUT2D eigenvalue weighted by Crippen LogP contribution is 2.17. The van der Waals surface area contributed by atoms with Gasteiger partial charge in [0.25, 0.3) is 0 Å². The van der Waals surface area contributed by atoms with E-state index in [0.29, 0.717) is 13.2 Å². The molecular weight excluding hydrogens is 344 g/mol. The molecule has 0 radical (unpaired) electrons. The van der Waals surface area contributed by atoms with E-state index < -0.39 is 0 Å². The number of nitrogens with one attached hydrogen (secondary N) is 1. The van der Waals surface area contributed by atoms with Gasteiger partial charge in [0, 0.05) is 51.7 Å². The van der Waals surface area contributed by atoms with Crippen LogP contribution in [0.3, 0.4) is 0 Å². The molecule has 1 aliphatic heterocycles. The summed E-state index contributed by atoms with van der Waals surface area (Å²) in [5, 5.41) is 2.95. The number of carbonyl (C=O) groups is 1. The first-order valence-electron chi connectivity index (χ1n) is 9.15. The fourth-order valence-electron chi connectivity index (χ4n) is 2.93. The van der Waals surface area contributed by atoms with Crippen molar-refractivity contribution in [2.75, 3.05) is 46.4 Å². The molecule has 3 rings (SSSR count). The monoisotopic (exact) mass is 370 g/mol. The van der Waals surface area contributed by atoms with Crippen molar-refractivity contribution < 1.29 is 14.3 Å². The average molecular weight is 370 g/mol. The Hall–Kier alpha value is -2.80. The molecule has 2 aromatic rings. The summed E-state index contributed by atoms with van der Waals surface area (Å²) in [4.78, 5) is 20.5. The van der Waals surface area contributed by atoms with Crippen molar-refractivity contribution in [1.29, 1.82) is 0 Å². The van der Waals surface area contributed by atoms with Gasteiger partial charge in [-0.1, -0.05) is 6.07 Å². The van der Waals surface area contributed by atoms with Crippen LogP contribution in [0.4, 0.5) is 4.79 Å². The first-order valence-corrected chi connectivity index (χ1v) is 9.15. The lowest BCUT2D eigenvalue weighted by Gasteiger charge is -2.34. The fourth-order valence-corrected chi connectivity index (χ4v) is 2.93. The van der Waals surface area contributed by atoms with Crippen molar-refractivity contribution in [1.82, 2.24) is 20.1 Å². The van der Waals surface area contributed by atoms with Gasteiger partial charge in [-0.25, -0.2) is 4.79 Å². The Morgan fingerprint density at radius 1 is 1.11 bits per heavy atom. The van der Waals surface area contributed by atoms with Crippen LogP contribution in [-0.4, -0.2) is 67.3 Å². The van der Waals surface area contributed by atoms with E-state index in [1.807, 2.05) is 41.3 Å². The van der Waals surface area contributed by atoms with E-state index in [1.54, 1.807) is 19.5 Å². The molecule has 1 aromatic carbocycles. The van der Waals surface area contributed by atoms with E-state index in [9.17, 15) is 4.79 Å². The molecule has 1 N–H and O–H groups in total. The molecule has 1 fully saturated rings. The number of ether oxygens (including phenoxy) is 2. The molecule has 0 unspecified atom stereocenters. The molecule has 2 heterocycles. The van der Waals surface area contributed by atoms with Gasteiger partial charge in [0.15, 0.2) is 0 Å². The van der Waals surface area contributed by atoms with E-state index in [-0.39, 0.29) is 6.03 Å². The minimum absolute atomic E-state index is 0.0204. The summed E-state index contributed by atoms with van der Waals surface area (Å²) in [7, 11) is 1.65. The van der Waals surface area contributed by atoms with Gasteiger partial charge in [0.1, 0.15) is 18.1 Å². The summed E-state index contributed by atoms with van der Waals surface area (Å²) in [5.74, 6) is 1.66. The van der Waals surface area contributed by atoms with Crippen LogP contribution in [0.25, 0.3) is 0 Å². The maximum Gasteiger partial charge on any atom is 0.317 e. The number of hydrogen-bond donors (Lipinski definition) is 1. The quantitative estimate of drug-likeness (QED) is 0.807. The summed E-state index contributed by atoms with van der Waals surface area (Å²) in [5.41, 5.74) is 1.00. The molecule has 0 bridgehead atoms. The minimum Gasteiger partial charge on any atom is -0.497 e. The maximum atomic E-state index is 12.3. The summed E-state index contributed by atoms with van der Waals surface area (Å²) >= 11 is 0. The van der Waals surface area contributed by atoms with Crippen molar-refractivity contribution in [2.24, 2.45) is 0 Å². The van der Waals surface area contributed by atoms with Crippen LogP contribution in [0.2, 0.25) is 0 Å². The van der Waals surface area contributed by atoms with E-state index in [2.05, 4.69) is 15.2 Å². The SMILES string of the molecule is COc1ccc(OCCN2CCN(C(=O)NCc3cccnc3)CC2)cc1. The largest absolute Gasteiger partial charge is 0.497 e. The molecule has 0 atom stereocenters. The number of pyridine rings is 1. The number of nitrogens with zero attached hydrogens (tertiary/aromatic N) is 3.